The summed E-state index contributed by atoms with van der Waals surface area (Å²) in [6.07, 6.45) is 1.70. The zero-order chi connectivity index (χ0) is 22.1. The van der Waals surface area contributed by atoms with Crippen LogP contribution in [0.5, 0.6) is 0 Å². The van der Waals surface area contributed by atoms with Gasteiger partial charge in [-0.3, -0.25) is 19.4 Å². The standard InChI is InChI=1S/C24H22ClN3O3/c1-24(2,3)21(29)20-18-17(19-14-9-5-4-8-13(14)12-26-28(19)20)22(30)27(23(18)31)16-11-7-6-10-15(16)25/h4-12,17-20H,1-3H3/t17-,18+,19+,20-/m0/s1. The van der Waals surface area contributed by atoms with E-state index in [0.717, 1.165) is 11.1 Å². The Kier molecular flexibility index (Phi) is 4.35. The number of benzene rings is 2. The Morgan fingerprint density at radius 2 is 1.61 bits per heavy atom. The van der Waals surface area contributed by atoms with E-state index in [1.165, 1.54) is 4.90 Å². The van der Waals surface area contributed by atoms with E-state index in [9.17, 15) is 14.4 Å². The van der Waals surface area contributed by atoms with Crippen LogP contribution in [0.4, 0.5) is 5.69 Å². The van der Waals surface area contributed by atoms with E-state index in [1.54, 1.807) is 35.5 Å². The van der Waals surface area contributed by atoms with Gasteiger partial charge in [0.25, 0.3) is 0 Å². The van der Waals surface area contributed by atoms with Crippen LogP contribution < -0.4 is 4.90 Å². The molecule has 0 spiro atoms. The number of hydrogen-bond acceptors (Lipinski definition) is 5. The van der Waals surface area contributed by atoms with Crippen LogP contribution in [0.3, 0.4) is 0 Å². The maximum absolute atomic E-state index is 13.7. The van der Waals surface area contributed by atoms with E-state index in [-0.39, 0.29) is 11.7 Å². The number of halogens is 1. The third-order valence-corrected chi connectivity index (χ3v) is 6.71. The topological polar surface area (TPSA) is 70.0 Å². The lowest BCUT2D eigenvalue weighted by molar-refractivity contribution is -0.136. The molecule has 0 radical (unpaired) electrons. The predicted molar refractivity (Wildman–Crippen MR) is 118 cm³/mol. The van der Waals surface area contributed by atoms with Gasteiger partial charge in [-0.05, 0) is 23.3 Å². The van der Waals surface area contributed by atoms with Crippen molar-refractivity contribution in [1.29, 1.82) is 0 Å². The van der Waals surface area contributed by atoms with Gasteiger partial charge < -0.3 is 0 Å². The normalized spacial score (nSPS) is 26.7. The van der Waals surface area contributed by atoms with Crippen LogP contribution in [0, 0.1) is 17.3 Å². The van der Waals surface area contributed by atoms with Crippen LogP contribution >= 0.6 is 11.6 Å². The zero-order valence-electron chi connectivity index (χ0n) is 17.4. The molecular formula is C24H22ClN3O3. The molecule has 3 heterocycles. The number of carbonyl (C=O) groups excluding carboxylic acids is 3. The summed E-state index contributed by atoms with van der Waals surface area (Å²) in [6, 6.07) is 13.2. The molecule has 0 aromatic heterocycles. The second kappa shape index (κ2) is 6.76. The Morgan fingerprint density at radius 3 is 2.32 bits per heavy atom. The zero-order valence-corrected chi connectivity index (χ0v) is 18.2. The molecule has 4 atom stereocenters. The third-order valence-electron chi connectivity index (χ3n) is 6.39. The van der Waals surface area contributed by atoms with Gasteiger partial charge in [-0.2, -0.15) is 5.10 Å². The molecule has 7 heteroatoms. The number of anilines is 1. The Labute approximate surface area is 185 Å². The van der Waals surface area contributed by atoms with Gasteiger partial charge >= 0.3 is 0 Å². The third kappa shape index (κ3) is 2.78. The summed E-state index contributed by atoms with van der Waals surface area (Å²) < 4.78 is 0. The van der Waals surface area contributed by atoms with E-state index in [1.807, 2.05) is 45.0 Å². The molecule has 2 aromatic carbocycles. The summed E-state index contributed by atoms with van der Waals surface area (Å²) in [5.74, 6) is -2.37. The average Bonchev–Trinajstić information content (AvgIpc) is 3.20. The minimum absolute atomic E-state index is 0.108. The van der Waals surface area contributed by atoms with E-state index in [0.29, 0.717) is 10.7 Å². The highest BCUT2D eigenvalue weighted by molar-refractivity contribution is 6.36. The number of nitrogens with zero attached hydrogens (tertiary/aromatic N) is 3. The van der Waals surface area contributed by atoms with E-state index >= 15 is 0 Å². The fourth-order valence-corrected chi connectivity index (χ4v) is 5.20. The number of hydrazone groups is 1. The van der Waals surface area contributed by atoms with Crippen molar-refractivity contribution >= 4 is 41.1 Å². The predicted octanol–water partition coefficient (Wildman–Crippen LogP) is 3.83. The van der Waals surface area contributed by atoms with Crippen LogP contribution in [0.15, 0.2) is 53.6 Å². The van der Waals surface area contributed by atoms with Crippen molar-refractivity contribution in [3.63, 3.8) is 0 Å². The summed E-state index contributed by atoms with van der Waals surface area (Å²) in [5, 5.41) is 6.56. The van der Waals surface area contributed by atoms with Crippen molar-refractivity contribution < 1.29 is 14.4 Å². The van der Waals surface area contributed by atoms with Gasteiger partial charge in [0.1, 0.15) is 6.04 Å². The molecule has 158 valence electrons. The number of imide groups is 1. The van der Waals surface area contributed by atoms with Crippen LogP contribution in [0.2, 0.25) is 5.02 Å². The highest BCUT2D eigenvalue weighted by Gasteiger charge is 2.66. The van der Waals surface area contributed by atoms with Crippen molar-refractivity contribution in [1.82, 2.24) is 5.01 Å². The Hall–Kier alpha value is -2.99. The minimum atomic E-state index is -0.816. The first-order valence-corrected chi connectivity index (χ1v) is 10.7. The number of carbonyl (C=O) groups is 3. The largest absolute Gasteiger partial charge is 0.297 e. The smallest absolute Gasteiger partial charge is 0.240 e. The molecular weight excluding hydrogens is 414 g/mol. The van der Waals surface area contributed by atoms with Gasteiger partial charge in [-0.1, -0.05) is 68.8 Å². The second-order valence-electron chi connectivity index (χ2n) is 9.27. The van der Waals surface area contributed by atoms with Crippen LogP contribution in [0.1, 0.15) is 37.9 Å². The lowest BCUT2D eigenvalue weighted by Crippen LogP contribution is -2.48. The van der Waals surface area contributed by atoms with Crippen molar-refractivity contribution in [2.75, 3.05) is 4.90 Å². The Balaban J connectivity index is 1.69. The molecule has 0 bridgehead atoms. The number of para-hydroxylation sites is 1. The number of amides is 2. The molecule has 2 amide bonds. The minimum Gasteiger partial charge on any atom is -0.297 e. The van der Waals surface area contributed by atoms with Crippen molar-refractivity contribution in [3.8, 4) is 0 Å². The van der Waals surface area contributed by atoms with Crippen molar-refractivity contribution in [3.05, 3.63) is 64.7 Å². The van der Waals surface area contributed by atoms with Crippen LogP contribution in [-0.2, 0) is 14.4 Å². The number of hydrogen-bond donors (Lipinski definition) is 0. The number of ketones is 1. The quantitative estimate of drug-likeness (QED) is 0.672. The van der Waals surface area contributed by atoms with Gasteiger partial charge in [0, 0.05) is 5.41 Å². The summed E-state index contributed by atoms with van der Waals surface area (Å²) in [4.78, 5) is 42.0. The maximum Gasteiger partial charge on any atom is 0.240 e. The molecule has 2 saturated heterocycles. The van der Waals surface area contributed by atoms with Gasteiger partial charge in [0.05, 0.1) is 34.8 Å². The lowest BCUT2D eigenvalue weighted by atomic mass is 9.79. The molecule has 5 rings (SSSR count). The fourth-order valence-electron chi connectivity index (χ4n) is 4.98. The van der Waals surface area contributed by atoms with Gasteiger partial charge in [-0.25, -0.2) is 4.90 Å². The van der Waals surface area contributed by atoms with Gasteiger partial charge in [0.15, 0.2) is 5.78 Å². The summed E-state index contributed by atoms with van der Waals surface area (Å²) in [6.45, 7) is 5.48. The van der Waals surface area contributed by atoms with Crippen molar-refractivity contribution in [2.24, 2.45) is 22.4 Å². The number of rotatable bonds is 2. The molecule has 0 saturated carbocycles. The Bertz CT molecular complexity index is 1150. The first-order chi connectivity index (χ1) is 14.7. The molecule has 3 aliphatic rings. The molecule has 31 heavy (non-hydrogen) atoms. The molecule has 0 aliphatic carbocycles. The van der Waals surface area contributed by atoms with Crippen LogP contribution in [-0.4, -0.2) is 34.9 Å². The van der Waals surface area contributed by atoms with E-state index < -0.39 is 35.2 Å². The van der Waals surface area contributed by atoms with Gasteiger partial charge in [-0.15, -0.1) is 0 Å². The SMILES string of the molecule is CC(C)(C)C(=O)[C@@H]1[C@@H]2C(=O)N(c3ccccc3Cl)C(=O)[C@@H]2[C@H]2c3ccccc3C=NN12. The molecule has 6 nitrogen and oxygen atoms in total. The van der Waals surface area contributed by atoms with Crippen LogP contribution in [0.25, 0.3) is 0 Å². The number of Topliss-reactive ketones (excluding diaryl/α,β-unsaturated/α-hetero) is 1. The highest BCUT2D eigenvalue weighted by Crippen LogP contribution is 2.54. The monoisotopic (exact) mass is 435 g/mol. The average molecular weight is 436 g/mol. The summed E-state index contributed by atoms with van der Waals surface area (Å²) in [5.41, 5.74) is 1.45. The highest BCUT2D eigenvalue weighted by atomic mass is 35.5. The number of fused-ring (bicyclic) bond motifs is 5. The van der Waals surface area contributed by atoms with Gasteiger partial charge in [0.2, 0.25) is 11.8 Å². The maximum atomic E-state index is 13.7. The first kappa shape index (κ1) is 19.9. The van der Waals surface area contributed by atoms with E-state index in [4.69, 9.17) is 11.6 Å². The molecule has 2 fully saturated rings. The van der Waals surface area contributed by atoms with Crippen molar-refractivity contribution in [2.45, 2.75) is 32.9 Å². The molecule has 0 N–H and O–H groups in total. The van der Waals surface area contributed by atoms with E-state index in [2.05, 4.69) is 5.10 Å². The second-order valence-corrected chi connectivity index (χ2v) is 9.68. The first-order valence-electron chi connectivity index (χ1n) is 10.3. The summed E-state index contributed by atoms with van der Waals surface area (Å²) >= 11 is 6.33. The molecule has 0 unspecified atom stereocenters. The fraction of sp³-hybridized carbons (Fsp3) is 0.333. The summed E-state index contributed by atoms with van der Waals surface area (Å²) in [7, 11) is 0. The molecule has 3 aliphatic heterocycles. The molecule has 2 aromatic rings. The Morgan fingerprint density at radius 1 is 0.968 bits per heavy atom. The lowest BCUT2D eigenvalue weighted by Gasteiger charge is -2.35.